The van der Waals surface area contributed by atoms with E-state index in [-0.39, 0.29) is 24.0 Å². The Labute approximate surface area is 134 Å². The van der Waals surface area contributed by atoms with Crippen LogP contribution in [0.1, 0.15) is 33.3 Å². The molecule has 1 N–H and O–H groups in total. The number of rotatable bonds is 6. The molecule has 0 bridgehead atoms. The highest BCUT2D eigenvalue weighted by molar-refractivity contribution is 5.97. The monoisotopic (exact) mass is 314 g/mol. The van der Waals surface area contributed by atoms with Crippen molar-refractivity contribution in [2.24, 2.45) is 0 Å². The summed E-state index contributed by atoms with van der Waals surface area (Å²) in [5.74, 6) is -1.13. The number of ketones is 1. The summed E-state index contributed by atoms with van der Waals surface area (Å²) in [5, 5.41) is 0. The normalized spacial score (nSPS) is 10.2. The number of carbonyl (C=O) groups excluding carboxylic acids is 3. The molecule has 6 nitrogen and oxygen atoms in total. The summed E-state index contributed by atoms with van der Waals surface area (Å²) in [6.07, 6.45) is 1.43. The molecule has 0 aliphatic heterocycles. The Morgan fingerprint density at radius 2 is 1.87 bits per heavy atom. The van der Waals surface area contributed by atoms with E-state index in [0.29, 0.717) is 12.1 Å². The van der Waals surface area contributed by atoms with Crippen molar-refractivity contribution in [2.75, 3.05) is 13.7 Å². The number of carbonyl (C=O) groups is 3. The van der Waals surface area contributed by atoms with Gasteiger partial charge in [-0.1, -0.05) is 30.3 Å². The van der Waals surface area contributed by atoms with E-state index < -0.39 is 5.97 Å². The van der Waals surface area contributed by atoms with Crippen molar-refractivity contribution >= 4 is 17.7 Å². The summed E-state index contributed by atoms with van der Waals surface area (Å²) in [5.41, 5.74) is 1.53. The number of hydrogen-bond acceptors (Lipinski definition) is 4. The van der Waals surface area contributed by atoms with E-state index in [1.807, 2.05) is 30.3 Å². The minimum absolute atomic E-state index is 0.147. The first-order chi connectivity index (χ1) is 11.0. The Hall–Kier alpha value is -2.89. The van der Waals surface area contributed by atoms with Gasteiger partial charge in [0.2, 0.25) is 0 Å². The van der Waals surface area contributed by atoms with Gasteiger partial charge < -0.3 is 14.6 Å². The molecule has 1 amide bonds. The van der Waals surface area contributed by atoms with Crippen LogP contribution in [0.25, 0.3) is 0 Å². The zero-order valence-electron chi connectivity index (χ0n) is 13.0. The lowest BCUT2D eigenvalue weighted by molar-refractivity contribution is -0.133. The van der Waals surface area contributed by atoms with E-state index in [1.54, 1.807) is 7.05 Å². The maximum Gasteiger partial charge on any atom is 0.355 e. The fourth-order valence-electron chi connectivity index (χ4n) is 1.98. The predicted octanol–water partition coefficient (Wildman–Crippen LogP) is 2.03. The van der Waals surface area contributed by atoms with Crippen LogP contribution in [0.4, 0.5) is 0 Å². The molecule has 0 saturated heterocycles. The van der Waals surface area contributed by atoms with Crippen LogP contribution in [0.2, 0.25) is 0 Å². The van der Waals surface area contributed by atoms with Crippen LogP contribution in [-0.4, -0.2) is 41.2 Å². The smallest absolute Gasteiger partial charge is 0.355 e. The Kier molecular flexibility index (Phi) is 5.30. The van der Waals surface area contributed by atoms with Gasteiger partial charge in [0.25, 0.3) is 5.91 Å². The molecule has 0 saturated carbocycles. The maximum atomic E-state index is 12.0. The Balaban J connectivity index is 1.85. The van der Waals surface area contributed by atoms with Crippen molar-refractivity contribution in [1.82, 2.24) is 9.88 Å². The number of amides is 1. The lowest BCUT2D eigenvalue weighted by Crippen LogP contribution is -2.30. The average molecular weight is 314 g/mol. The topological polar surface area (TPSA) is 79.5 Å². The molecule has 2 aromatic rings. The molecule has 2 rings (SSSR count). The van der Waals surface area contributed by atoms with E-state index in [4.69, 9.17) is 4.74 Å². The summed E-state index contributed by atoms with van der Waals surface area (Å²) in [6, 6.07) is 10.9. The van der Waals surface area contributed by atoms with Gasteiger partial charge in [-0.05, 0) is 18.6 Å². The fourth-order valence-corrected chi connectivity index (χ4v) is 1.98. The number of benzene rings is 1. The number of aromatic nitrogens is 1. The minimum Gasteiger partial charge on any atom is -0.451 e. The number of nitrogens with one attached hydrogen (secondary N) is 1. The van der Waals surface area contributed by atoms with Crippen molar-refractivity contribution in [3.05, 3.63) is 59.4 Å². The predicted molar refractivity (Wildman–Crippen MR) is 84.0 cm³/mol. The molecule has 0 spiro atoms. The first-order valence-electron chi connectivity index (χ1n) is 7.11. The van der Waals surface area contributed by atoms with Gasteiger partial charge >= 0.3 is 5.97 Å². The number of hydrogen-bond donors (Lipinski definition) is 1. The summed E-state index contributed by atoms with van der Waals surface area (Å²) >= 11 is 0. The molecular weight excluding hydrogens is 296 g/mol. The van der Waals surface area contributed by atoms with Gasteiger partial charge in [0.05, 0.1) is 0 Å². The highest BCUT2D eigenvalue weighted by Gasteiger charge is 2.16. The van der Waals surface area contributed by atoms with E-state index >= 15 is 0 Å². The van der Waals surface area contributed by atoms with Gasteiger partial charge in [-0.2, -0.15) is 0 Å². The van der Waals surface area contributed by atoms with Gasteiger partial charge in [0, 0.05) is 25.4 Å². The minimum atomic E-state index is -0.668. The number of likely N-dealkylation sites (N-methyl/N-ethyl adjacent to an activating group) is 1. The second-order valence-electron chi connectivity index (χ2n) is 5.17. The van der Waals surface area contributed by atoms with E-state index in [1.165, 1.54) is 24.1 Å². The quantitative estimate of drug-likeness (QED) is 0.653. The second-order valence-corrected chi connectivity index (χ2v) is 5.17. The molecule has 0 unspecified atom stereocenters. The average Bonchev–Trinajstić information content (AvgIpc) is 3.03. The first-order valence-corrected chi connectivity index (χ1v) is 7.11. The first kappa shape index (κ1) is 16.5. The fraction of sp³-hybridized carbons (Fsp3) is 0.235. The summed E-state index contributed by atoms with van der Waals surface area (Å²) in [4.78, 5) is 39.1. The number of H-pyrrole nitrogens is 1. The number of nitrogens with zero attached hydrogens (tertiary/aromatic N) is 1. The van der Waals surface area contributed by atoms with Crippen LogP contribution >= 0.6 is 0 Å². The summed E-state index contributed by atoms with van der Waals surface area (Å²) in [7, 11) is 1.64. The lowest BCUT2D eigenvalue weighted by Gasteiger charge is -2.17. The summed E-state index contributed by atoms with van der Waals surface area (Å²) in [6.45, 7) is 1.49. The second kappa shape index (κ2) is 7.40. The molecule has 0 atom stereocenters. The summed E-state index contributed by atoms with van der Waals surface area (Å²) < 4.78 is 4.97. The molecular formula is C17H18N2O4. The third-order valence-corrected chi connectivity index (χ3v) is 3.32. The Morgan fingerprint density at radius 1 is 1.17 bits per heavy atom. The van der Waals surface area contributed by atoms with E-state index in [9.17, 15) is 14.4 Å². The number of ether oxygens (including phenoxy) is 1. The third-order valence-electron chi connectivity index (χ3n) is 3.32. The maximum absolute atomic E-state index is 12.0. The molecule has 120 valence electrons. The highest BCUT2D eigenvalue weighted by atomic mass is 16.5. The molecule has 0 fully saturated rings. The van der Waals surface area contributed by atoms with Crippen molar-refractivity contribution in [1.29, 1.82) is 0 Å². The number of esters is 1. The van der Waals surface area contributed by atoms with Crippen LogP contribution in [0.15, 0.2) is 42.6 Å². The van der Waals surface area contributed by atoms with E-state index in [0.717, 1.165) is 5.56 Å². The Morgan fingerprint density at radius 3 is 2.48 bits per heavy atom. The Bertz CT molecular complexity index is 706. The molecule has 23 heavy (non-hydrogen) atoms. The standard InChI is InChI=1S/C17H18N2O4/c1-12(20)14-8-15(18-9-14)17(22)23-11-16(21)19(2)10-13-6-4-3-5-7-13/h3-9,18H,10-11H2,1-2H3. The van der Waals surface area contributed by atoms with Crippen LogP contribution in [0.5, 0.6) is 0 Å². The molecule has 6 heteroatoms. The molecule has 0 aliphatic carbocycles. The number of aromatic amines is 1. The van der Waals surface area contributed by atoms with Crippen LogP contribution < -0.4 is 0 Å². The zero-order chi connectivity index (χ0) is 16.8. The molecule has 0 radical (unpaired) electrons. The van der Waals surface area contributed by atoms with Crippen molar-refractivity contribution in [3.63, 3.8) is 0 Å². The van der Waals surface area contributed by atoms with Gasteiger partial charge in [0.1, 0.15) is 5.69 Å². The lowest BCUT2D eigenvalue weighted by atomic mass is 10.2. The zero-order valence-corrected chi connectivity index (χ0v) is 13.0. The largest absolute Gasteiger partial charge is 0.451 e. The number of Topliss-reactive ketones (excluding diaryl/α,β-unsaturated/α-hetero) is 1. The molecule has 0 aliphatic rings. The van der Waals surface area contributed by atoms with Crippen LogP contribution in [0, 0.1) is 0 Å². The van der Waals surface area contributed by atoms with Gasteiger partial charge in [-0.3, -0.25) is 9.59 Å². The van der Waals surface area contributed by atoms with Gasteiger partial charge in [0.15, 0.2) is 12.4 Å². The molecule has 1 aromatic carbocycles. The highest BCUT2D eigenvalue weighted by Crippen LogP contribution is 2.07. The van der Waals surface area contributed by atoms with Crippen LogP contribution in [0.3, 0.4) is 0 Å². The molecule has 1 aromatic heterocycles. The van der Waals surface area contributed by atoms with Crippen molar-refractivity contribution < 1.29 is 19.1 Å². The van der Waals surface area contributed by atoms with Gasteiger partial charge in [-0.15, -0.1) is 0 Å². The van der Waals surface area contributed by atoms with E-state index in [2.05, 4.69) is 4.98 Å². The van der Waals surface area contributed by atoms with Crippen molar-refractivity contribution in [3.8, 4) is 0 Å². The third kappa shape index (κ3) is 4.54. The SMILES string of the molecule is CC(=O)c1c[nH]c(C(=O)OCC(=O)N(C)Cc2ccccc2)c1. The van der Waals surface area contributed by atoms with Crippen molar-refractivity contribution in [2.45, 2.75) is 13.5 Å². The molecule has 1 heterocycles. The van der Waals surface area contributed by atoms with Crippen LogP contribution in [-0.2, 0) is 16.1 Å². The van der Waals surface area contributed by atoms with Gasteiger partial charge in [-0.25, -0.2) is 4.79 Å².